The van der Waals surface area contributed by atoms with Gasteiger partial charge in [0.25, 0.3) is 11.5 Å². The fourth-order valence-electron chi connectivity index (χ4n) is 2.90. The summed E-state index contributed by atoms with van der Waals surface area (Å²) in [7, 11) is 0. The summed E-state index contributed by atoms with van der Waals surface area (Å²) in [5, 5.41) is 24.1. The molecule has 3 aromatic carbocycles. The van der Waals surface area contributed by atoms with Crippen molar-refractivity contribution in [2.75, 3.05) is 0 Å². The van der Waals surface area contributed by atoms with Crippen molar-refractivity contribution >= 4 is 39.8 Å². The number of rotatable bonds is 4. The van der Waals surface area contributed by atoms with Crippen LogP contribution in [0, 0.1) is 13.7 Å². The van der Waals surface area contributed by atoms with Gasteiger partial charge >= 0.3 is 0 Å². The van der Waals surface area contributed by atoms with Crippen LogP contribution < -0.4 is 17.4 Å². The molecule has 0 saturated heterocycles. The van der Waals surface area contributed by atoms with Crippen LogP contribution >= 0.6 is 22.6 Å². The standard InChI is InChI=1S/C19H12IN5O2.ClH/c20-15-8-6-13(7-9-15)17-12-16(25(26)27)10-11-18(17)24-19(21-22-23-24)14-4-2-1-3-5-14;/h1-12H;1H. The van der Waals surface area contributed by atoms with Gasteiger partial charge in [0, 0.05) is 27.0 Å². The molecule has 1 heterocycles. The van der Waals surface area contributed by atoms with E-state index in [2.05, 4.69) is 38.1 Å². The number of halogens is 2. The largest absolute Gasteiger partial charge is 1.00 e. The van der Waals surface area contributed by atoms with Crippen LogP contribution in [0.5, 0.6) is 0 Å². The van der Waals surface area contributed by atoms with Crippen molar-refractivity contribution in [2.24, 2.45) is 15.5 Å². The number of nitro benzene ring substituents is 1. The molecule has 4 rings (SSSR count). The summed E-state index contributed by atoms with van der Waals surface area (Å²) in [5.41, 5.74) is 3.27. The smallest absolute Gasteiger partial charge is 0.287 e. The first-order valence-electron chi connectivity index (χ1n) is 8.10. The zero-order valence-electron chi connectivity index (χ0n) is 14.3. The molecule has 1 unspecified atom stereocenters. The monoisotopic (exact) mass is 505 g/mol. The van der Waals surface area contributed by atoms with Crippen molar-refractivity contribution in [1.82, 2.24) is 0 Å². The van der Waals surface area contributed by atoms with Crippen molar-refractivity contribution < 1.29 is 22.3 Å². The number of hydrogen-bond acceptors (Lipinski definition) is 5. The summed E-state index contributed by atoms with van der Waals surface area (Å²) in [6.45, 7) is 0. The summed E-state index contributed by atoms with van der Waals surface area (Å²) < 4.78 is 1.09. The van der Waals surface area contributed by atoms with Gasteiger partial charge in [0.1, 0.15) is 0 Å². The minimum atomic E-state index is -0.396. The van der Waals surface area contributed by atoms with E-state index in [4.69, 9.17) is 0 Å². The highest BCUT2D eigenvalue weighted by atomic mass is 127. The Morgan fingerprint density at radius 1 is 0.929 bits per heavy atom. The van der Waals surface area contributed by atoms with Gasteiger partial charge in [-0.1, -0.05) is 35.4 Å². The van der Waals surface area contributed by atoms with Gasteiger partial charge in [-0.25, -0.2) is 0 Å². The zero-order valence-corrected chi connectivity index (χ0v) is 17.2. The van der Waals surface area contributed by atoms with Crippen LogP contribution in [0.1, 0.15) is 5.56 Å². The Balaban J connectivity index is 0.00000225. The van der Waals surface area contributed by atoms with Crippen LogP contribution in [0.15, 0.2) is 88.3 Å². The molecule has 0 amide bonds. The van der Waals surface area contributed by atoms with Crippen LogP contribution in [0.25, 0.3) is 11.1 Å². The molecule has 1 aliphatic rings. The van der Waals surface area contributed by atoms with Crippen molar-refractivity contribution in [1.29, 1.82) is 0 Å². The highest BCUT2D eigenvalue weighted by Crippen LogP contribution is 2.30. The molecule has 0 saturated carbocycles. The molecule has 140 valence electrons. The lowest BCUT2D eigenvalue weighted by molar-refractivity contribution is -0.738. The normalized spacial score (nSPS) is 15.0. The molecule has 28 heavy (non-hydrogen) atoms. The van der Waals surface area contributed by atoms with Crippen LogP contribution in [-0.2, 0) is 0 Å². The van der Waals surface area contributed by atoms with Gasteiger partial charge in [-0.2, -0.15) is 0 Å². The average Bonchev–Trinajstić information content (AvgIpc) is 3.18. The van der Waals surface area contributed by atoms with Crippen molar-refractivity contribution in [3.05, 3.63) is 92.0 Å². The van der Waals surface area contributed by atoms with Crippen molar-refractivity contribution in [2.45, 2.75) is 0 Å². The molecule has 1 aliphatic heterocycles. The number of quaternary nitrogens is 1. The first kappa shape index (κ1) is 20.1. The van der Waals surface area contributed by atoms with Gasteiger partial charge in [0.15, 0.2) is 5.69 Å². The second-order valence-corrected chi connectivity index (χ2v) is 7.09. The first-order valence-corrected chi connectivity index (χ1v) is 9.17. The van der Waals surface area contributed by atoms with Crippen molar-refractivity contribution in [3.8, 4) is 11.1 Å². The van der Waals surface area contributed by atoms with Crippen LogP contribution in [0.3, 0.4) is 0 Å². The van der Waals surface area contributed by atoms with Gasteiger partial charge in [-0.15, -0.1) is 5.01 Å². The predicted molar refractivity (Wildman–Crippen MR) is 110 cm³/mol. The third kappa shape index (κ3) is 3.93. The average molecular weight is 506 g/mol. The van der Waals surface area contributed by atoms with Crippen molar-refractivity contribution in [3.63, 3.8) is 0 Å². The van der Waals surface area contributed by atoms with E-state index in [0.717, 1.165) is 25.9 Å². The quantitative estimate of drug-likeness (QED) is 0.328. The predicted octanol–water partition coefficient (Wildman–Crippen LogP) is 1.13. The molecule has 1 N–H and O–H groups in total. The minimum absolute atomic E-state index is 0. The SMILES string of the molecule is O=[N+]([O-])c1ccc([NH+]2N=NN=C2c2ccccc2)c(-c2ccc(I)cc2)c1.[Cl-]. The molecule has 7 nitrogen and oxygen atoms in total. The third-order valence-corrected chi connectivity index (χ3v) is 4.90. The molecular weight excluding hydrogens is 493 g/mol. The Kier molecular flexibility index (Phi) is 6.12. The number of nitrogens with zero attached hydrogens (tertiary/aromatic N) is 4. The Labute approximate surface area is 180 Å². The van der Waals surface area contributed by atoms with Crippen LogP contribution in [0.4, 0.5) is 11.4 Å². The maximum absolute atomic E-state index is 11.3. The maximum Gasteiger partial charge on any atom is 0.287 e. The van der Waals surface area contributed by atoms with E-state index in [1.54, 1.807) is 12.1 Å². The molecule has 0 spiro atoms. The summed E-state index contributed by atoms with van der Waals surface area (Å²) in [4.78, 5) is 10.9. The number of non-ortho nitro benzene ring substituents is 1. The lowest BCUT2D eigenvalue weighted by Gasteiger charge is -2.13. The highest BCUT2D eigenvalue weighted by molar-refractivity contribution is 14.1. The molecular formula is C19H13ClIN5O2. The summed E-state index contributed by atoms with van der Waals surface area (Å²) >= 11 is 2.22. The fraction of sp³-hybridized carbons (Fsp3) is 0. The molecule has 0 fully saturated rings. The zero-order chi connectivity index (χ0) is 18.8. The van der Waals surface area contributed by atoms with Gasteiger partial charge in [0.05, 0.1) is 21.3 Å². The second kappa shape index (κ2) is 8.55. The van der Waals surface area contributed by atoms with E-state index in [1.165, 1.54) is 6.07 Å². The Bertz CT molecular complexity index is 1070. The molecule has 0 radical (unpaired) electrons. The minimum Gasteiger partial charge on any atom is -1.00 e. The molecule has 9 heteroatoms. The Hall–Kier alpha value is -2.69. The van der Waals surface area contributed by atoms with E-state index < -0.39 is 4.92 Å². The third-order valence-electron chi connectivity index (χ3n) is 4.19. The second-order valence-electron chi connectivity index (χ2n) is 5.85. The summed E-state index contributed by atoms with van der Waals surface area (Å²) in [6.07, 6.45) is 0. The number of nitrogens with one attached hydrogen (secondary N) is 1. The highest BCUT2D eigenvalue weighted by Gasteiger charge is 2.31. The molecule has 3 aromatic rings. The first-order chi connectivity index (χ1) is 13.1. The van der Waals surface area contributed by atoms with E-state index in [-0.39, 0.29) is 18.1 Å². The van der Waals surface area contributed by atoms with Crippen LogP contribution in [-0.4, -0.2) is 10.8 Å². The number of benzene rings is 3. The van der Waals surface area contributed by atoms with Crippen LogP contribution in [0.2, 0.25) is 0 Å². The Morgan fingerprint density at radius 2 is 1.64 bits per heavy atom. The molecule has 0 aliphatic carbocycles. The van der Waals surface area contributed by atoms with E-state index >= 15 is 0 Å². The van der Waals surface area contributed by atoms with Gasteiger partial charge < -0.3 is 12.4 Å². The maximum atomic E-state index is 11.3. The van der Waals surface area contributed by atoms with Gasteiger partial charge in [0.2, 0.25) is 0 Å². The van der Waals surface area contributed by atoms with E-state index in [0.29, 0.717) is 10.8 Å². The summed E-state index contributed by atoms with van der Waals surface area (Å²) in [5.74, 6) is 0.649. The fourth-order valence-corrected chi connectivity index (χ4v) is 3.26. The lowest BCUT2D eigenvalue weighted by Crippen LogP contribution is -3.04. The van der Waals surface area contributed by atoms with E-state index in [9.17, 15) is 10.1 Å². The summed E-state index contributed by atoms with van der Waals surface area (Å²) in [6, 6.07) is 22.2. The van der Waals surface area contributed by atoms with Gasteiger partial charge in [-0.3, -0.25) is 10.1 Å². The topological polar surface area (TPSA) is 84.7 Å². The van der Waals surface area contributed by atoms with E-state index in [1.807, 2.05) is 54.6 Å². The molecule has 0 aromatic heterocycles. The number of amidine groups is 1. The number of nitro groups is 1. The van der Waals surface area contributed by atoms with Gasteiger partial charge in [-0.05, 0) is 52.4 Å². The lowest BCUT2D eigenvalue weighted by atomic mass is 10.0. The Morgan fingerprint density at radius 3 is 2.32 bits per heavy atom. The molecule has 0 bridgehead atoms. The number of hydrogen-bond donors (Lipinski definition) is 1. The molecule has 1 atom stereocenters.